The van der Waals surface area contributed by atoms with Crippen molar-refractivity contribution in [1.29, 1.82) is 0 Å². The Labute approximate surface area is 137 Å². The number of rotatable bonds is 6. The molecule has 4 heteroatoms. The van der Waals surface area contributed by atoms with Crippen LogP contribution in [0.1, 0.15) is 25.0 Å². The van der Waals surface area contributed by atoms with Crippen LogP contribution in [0.5, 0.6) is 23.0 Å². The zero-order valence-corrected chi connectivity index (χ0v) is 13.8. The van der Waals surface area contributed by atoms with E-state index in [0.29, 0.717) is 17.6 Å². The highest BCUT2D eigenvalue weighted by Crippen LogP contribution is 2.30. The number of benzene rings is 2. The summed E-state index contributed by atoms with van der Waals surface area (Å²) in [4.78, 5) is 0. The van der Waals surface area contributed by atoms with Gasteiger partial charge in [0.05, 0.1) is 7.11 Å². The molecule has 0 aliphatic heterocycles. The predicted molar refractivity (Wildman–Crippen MR) is 90.2 cm³/mol. The predicted octanol–water partition coefficient (Wildman–Crippen LogP) is 3.87. The molecule has 0 amide bonds. The van der Waals surface area contributed by atoms with Crippen LogP contribution in [0.3, 0.4) is 0 Å². The molecule has 0 aliphatic carbocycles. The fraction of sp³-hybridized carbons (Fsp3) is 0.368. The third kappa shape index (κ3) is 4.31. The van der Waals surface area contributed by atoms with Crippen molar-refractivity contribution in [3.63, 3.8) is 0 Å². The third-order valence-electron chi connectivity index (χ3n) is 4.37. The first kappa shape index (κ1) is 17.0. The topological polar surface area (TPSA) is 69.9 Å². The summed E-state index contributed by atoms with van der Waals surface area (Å²) in [5.74, 6) is 1.26. The van der Waals surface area contributed by atoms with Gasteiger partial charge in [-0.1, -0.05) is 26.0 Å². The van der Waals surface area contributed by atoms with Crippen molar-refractivity contribution < 1.29 is 20.1 Å². The van der Waals surface area contributed by atoms with E-state index in [-0.39, 0.29) is 17.2 Å². The molecule has 2 aromatic rings. The Morgan fingerprint density at radius 2 is 1.30 bits per heavy atom. The van der Waals surface area contributed by atoms with E-state index in [4.69, 9.17) is 4.74 Å². The maximum Gasteiger partial charge on any atom is 0.160 e. The van der Waals surface area contributed by atoms with Crippen LogP contribution in [0.4, 0.5) is 0 Å². The fourth-order valence-corrected chi connectivity index (χ4v) is 2.70. The summed E-state index contributed by atoms with van der Waals surface area (Å²) in [5, 5.41) is 28.8. The van der Waals surface area contributed by atoms with E-state index in [1.807, 2.05) is 12.1 Å². The van der Waals surface area contributed by atoms with Crippen LogP contribution in [-0.2, 0) is 12.8 Å². The molecular weight excluding hydrogens is 292 g/mol. The molecule has 0 aromatic heterocycles. The Morgan fingerprint density at radius 1 is 0.783 bits per heavy atom. The molecule has 0 saturated heterocycles. The fourth-order valence-electron chi connectivity index (χ4n) is 2.70. The van der Waals surface area contributed by atoms with Crippen LogP contribution in [0, 0.1) is 11.8 Å². The van der Waals surface area contributed by atoms with Gasteiger partial charge < -0.3 is 20.1 Å². The van der Waals surface area contributed by atoms with Gasteiger partial charge in [0.25, 0.3) is 0 Å². The second-order valence-electron chi connectivity index (χ2n) is 6.19. The lowest BCUT2D eigenvalue weighted by atomic mass is 9.85. The first-order valence-electron chi connectivity index (χ1n) is 7.77. The molecule has 0 fully saturated rings. The highest BCUT2D eigenvalue weighted by molar-refractivity contribution is 5.42. The summed E-state index contributed by atoms with van der Waals surface area (Å²) in [7, 11) is 1.53. The van der Waals surface area contributed by atoms with Gasteiger partial charge in [-0.2, -0.15) is 0 Å². The molecule has 0 bridgehead atoms. The number of phenolic OH excluding ortho intramolecular Hbond substituents is 3. The van der Waals surface area contributed by atoms with Gasteiger partial charge in [0.15, 0.2) is 23.0 Å². The Morgan fingerprint density at radius 3 is 1.78 bits per heavy atom. The van der Waals surface area contributed by atoms with E-state index in [9.17, 15) is 15.3 Å². The Balaban J connectivity index is 2.00. The largest absolute Gasteiger partial charge is 0.504 e. The molecule has 4 nitrogen and oxygen atoms in total. The normalized spacial score (nSPS) is 13.5. The number of aromatic hydroxyl groups is 3. The minimum Gasteiger partial charge on any atom is -0.504 e. The molecule has 0 radical (unpaired) electrons. The molecule has 2 atom stereocenters. The van der Waals surface area contributed by atoms with Crippen LogP contribution >= 0.6 is 0 Å². The van der Waals surface area contributed by atoms with Crippen LogP contribution in [0.2, 0.25) is 0 Å². The molecule has 3 N–H and O–H groups in total. The molecule has 0 spiro atoms. The lowest BCUT2D eigenvalue weighted by molar-refractivity contribution is 0.368. The minimum absolute atomic E-state index is 0.0811. The molecule has 124 valence electrons. The Bertz CT molecular complexity index is 666. The van der Waals surface area contributed by atoms with Gasteiger partial charge in [-0.15, -0.1) is 0 Å². The van der Waals surface area contributed by atoms with Crippen molar-refractivity contribution >= 4 is 0 Å². The molecule has 0 unspecified atom stereocenters. The monoisotopic (exact) mass is 316 g/mol. The van der Waals surface area contributed by atoms with Crippen LogP contribution < -0.4 is 4.74 Å². The summed E-state index contributed by atoms with van der Waals surface area (Å²) in [5.41, 5.74) is 2.06. The van der Waals surface area contributed by atoms with E-state index in [2.05, 4.69) is 13.8 Å². The van der Waals surface area contributed by atoms with Gasteiger partial charge in [0, 0.05) is 0 Å². The number of ether oxygens (including phenoxy) is 1. The van der Waals surface area contributed by atoms with E-state index < -0.39 is 0 Å². The molecule has 0 heterocycles. The number of phenols is 3. The number of hydrogen-bond acceptors (Lipinski definition) is 4. The van der Waals surface area contributed by atoms with Crippen molar-refractivity contribution in [2.45, 2.75) is 26.7 Å². The second kappa shape index (κ2) is 7.27. The van der Waals surface area contributed by atoms with Gasteiger partial charge in [-0.25, -0.2) is 0 Å². The summed E-state index contributed by atoms with van der Waals surface area (Å²) in [6.45, 7) is 4.34. The van der Waals surface area contributed by atoms with Crippen LogP contribution in [0.25, 0.3) is 0 Å². The average molecular weight is 316 g/mol. The second-order valence-corrected chi connectivity index (χ2v) is 6.19. The van der Waals surface area contributed by atoms with E-state index >= 15 is 0 Å². The first-order valence-corrected chi connectivity index (χ1v) is 7.77. The molecule has 2 aromatic carbocycles. The summed E-state index contributed by atoms with van der Waals surface area (Å²) >= 11 is 0. The Kier molecular flexibility index (Phi) is 5.37. The zero-order chi connectivity index (χ0) is 17.0. The van der Waals surface area contributed by atoms with E-state index in [1.54, 1.807) is 18.2 Å². The SMILES string of the molecule is COc1ccc(C[C@H](C)[C@H](C)Cc2ccc(O)c(O)c2)cc1O. The number of hydrogen-bond donors (Lipinski definition) is 3. The highest BCUT2D eigenvalue weighted by Gasteiger charge is 2.15. The maximum absolute atomic E-state index is 9.86. The standard InChI is InChI=1S/C19H24O4/c1-12(8-14-4-6-16(20)17(21)10-14)13(2)9-15-5-7-19(23-3)18(22)11-15/h4-7,10-13,20-22H,8-9H2,1-3H3/t12-,13+/m1/s1. The molecule has 2 rings (SSSR count). The number of methoxy groups -OCH3 is 1. The van der Waals surface area contributed by atoms with E-state index in [1.165, 1.54) is 13.2 Å². The third-order valence-corrected chi connectivity index (χ3v) is 4.37. The summed E-state index contributed by atoms with van der Waals surface area (Å²) < 4.78 is 5.06. The quantitative estimate of drug-likeness (QED) is 0.708. The van der Waals surface area contributed by atoms with Crippen molar-refractivity contribution in [2.24, 2.45) is 11.8 Å². The van der Waals surface area contributed by atoms with Crippen molar-refractivity contribution in [3.05, 3.63) is 47.5 Å². The summed E-state index contributed by atoms with van der Waals surface area (Å²) in [6, 6.07) is 10.4. The molecule has 23 heavy (non-hydrogen) atoms. The first-order chi connectivity index (χ1) is 10.9. The highest BCUT2D eigenvalue weighted by atomic mass is 16.5. The van der Waals surface area contributed by atoms with Crippen LogP contribution in [-0.4, -0.2) is 22.4 Å². The summed E-state index contributed by atoms with van der Waals surface area (Å²) in [6.07, 6.45) is 1.67. The average Bonchev–Trinajstić information content (AvgIpc) is 2.51. The van der Waals surface area contributed by atoms with Gasteiger partial charge in [0.2, 0.25) is 0 Å². The minimum atomic E-state index is -0.0943. The van der Waals surface area contributed by atoms with Gasteiger partial charge >= 0.3 is 0 Å². The van der Waals surface area contributed by atoms with Crippen molar-refractivity contribution in [2.75, 3.05) is 7.11 Å². The molecule has 0 saturated carbocycles. The van der Waals surface area contributed by atoms with Crippen molar-refractivity contribution in [1.82, 2.24) is 0 Å². The van der Waals surface area contributed by atoms with Crippen LogP contribution in [0.15, 0.2) is 36.4 Å². The van der Waals surface area contributed by atoms with Gasteiger partial charge in [-0.3, -0.25) is 0 Å². The Hall–Kier alpha value is -2.36. The van der Waals surface area contributed by atoms with Gasteiger partial charge in [-0.05, 0) is 60.1 Å². The molecular formula is C19H24O4. The van der Waals surface area contributed by atoms with Gasteiger partial charge in [0.1, 0.15) is 0 Å². The molecule has 0 aliphatic rings. The lowest BCUT2D eigenvalue weighted by Gasteiger charge is -2.20. The zero-order valence-electron chi connectivity index (χ0n) is 13.8. The maximum atomic E-state index is 9.86. The smallest absolute Gasteiger partial charge is 0.160 e. The van der Waals surface area contributed by atoms with E-state index in [0.717, 1.165) is 24.0 Å². The van der Waals surface area contributed by atoms with Crippen molar-refractivity contribution in [3.8, 4) is 23.0 Å². The lowest BCUT2D eigenvalue weighted by Crippen LogP contribution is -2.13.